The van der Waals surface area contributed by atoms with Gasteiger partial charge < -0.3 is 5.32 Å². The van der Waals surface area contributed by atoms with Crippen molar-refractivity contribution in [2.24, 2.45) is 0 Å². The van der Waals surface area contributed by atoms with Crippen LogP contribution < -0.4 is 5.32 Å². The first kappa shape index (κ1) is 17.1. The topological polar surface area (TPSA) is 29.1 Å². The fraction of sp³-hybridized carbons (Fsp3) is 0.278. The molecule has 0 radical (unpaired) electrons. The Hall–Kier alpha value is -2.30. The van der Waals surface area contributed by atoms with E-state index in [1.54, 1.807) is 0 Å². The molecule has 0 aliphatic rings. The Morgan fingerprint density at radius 3 is 2.39 bits per heavy atom. The zero-order valence-electron chi connectivity index (χ0n) is 12.7. The second-order valence-electron chi connectivity index (χ2n) is 5.32. The van der Waals surface area contributed by atoms with E-state index < -0.39 is 11.7 Å². The molecule has 0 aromatic heterocycles. The van der Waals surface area contributed by atoms with Crippen LogP contribution in [0.25, 0.3) is 0 Å². The maximum atomic E-state index is 12.7. The number of hydrogen-bond acceptors (Lipinski definition) is 1. The van der Waals surface area contributed by atoms with Gasteiger partial charge in [0.05, 0.1) is 11.5 Å². The minimum absolute atomic E-state index is 0.154. The van der Waals surface area contributed by atoms with E-state index in [4.69, 9.17) is 0 Å². The van der Waals surface area contributed by atoms with Crippen molar-refractivity contribution < 1.29 is 18.0 Å². The predicted molar refractivity (Wildman–Crippen MR) is 84.2 cm³/mol. The molecule has 2 aromatic rings. The van der Waals surface area contributed by atoms with E-state index in [0.29, 0.717) is 6.42 Å². The Morgan fingerprint density at radius 2 is 1.78 bits per heavy atom. The van der Waals surface area contributed by atoms with Gasteiger partial charge in [0.15, 0.2) is 0 Å². The number of halogens is 3. The van der Waals surface area contributed by atoms with Crippen LogP contribution >= 0.6 is 0 Å². The van der Waals surface area contributed by atoms with Gasteiger partial charge in [-0.25, -0.2) is 0 Å². The van der Waals surface area contributed by atoms with Crippen molar-refractivity contribution in [1.82, 2.24) is 0 Å². The molecule has 0 unspecified atom stereocenters. The van der Waals surface area contributed by atoms with Crippen molar-refractivity contribution in [3.63, 3.8) is 0 Å². The molecule has 0 aliphatic carbocycles. The summed E-state index contributed by atoms with van der Waals surface area (Å²) in [6, 6.07) is 13.9. The minimum Gasteiger partial charge on any atom is -0.326 e. The second kappa shape index (κ2) is 7.31. The van der Waals surface area contributed by atoms with Gasteiger partial charge in [-0.1, -0.05) is 49.7 Å². The lowest BCUT2D eigenvalue weighted by Crippen LogP contribution is -2.21. The fourth-order valence-electron chi connectivity index (χ4n) is 2.43. The van der Waals surface area contributed by atoms with Crippen LogP contribution in [0.1, 0.15) is 36.8 Å². The summed E-state index contributed by atoms with van der Waals surface area (Å²) >= 11 is 0. The van der Waals surface area contributed by atoms with E-state index in [2.05, 4.69) is 5.32 Å². The van der Waals surface area contributed by atoms with Crippen molar-refractivity contribution >= 4 is 11.6 Å². The number of anilines is 1. The largest absolute Gasteiger partial charge is 0.416 e. The van der Waals surface area contributed by atoms with Crippen molar-refractivity contribution in [3.05, 3.63) is 65.7 Å². The molecular weight excluding hydrogens is 303 g/mol. The van der Waals surface area contributed by atoms with Gasteiger partial charge >= 0.3 is 6.18 Å². The number of carbonyl (C=O) groups excluding carboxylic acids is 1. The van der Waals surface area contributed by atoms with E-state index >= 15 is 0 Å². The molecule has 1 amide bonds. The minimum atomic E-state index is -4.43. The average molecular weight is 321 g/mol. The molecule has 0 spiro atoms. The van der Waals surface area contributed by atoms with Gasteiger partial charge in [-0.3, -0.25) is 4.79 Å². The van der Waals surface area contributed by atoms with Crippen molar-refractivity contribution in [1.29, 1.82) is 0 Å². The maximum absolute atomic E-state index is 12.7. The van der Waals surface area contributed by atoms with Gasteiger partial charge in [-0.2, -0.15) is 13.2 Å². The van der Waals surface area contributed by atoms with E-state index in [-0.39, 0.29) is 17.5 Å². The Kier molecular flexibility index (Phi) is 5.42. The summed E-state index contributed by atoms with van der Waals surface area (Å²) < 4.78 is 38.2. The highest BCUT2D eigenvalue weighted by Crippen LogP contribution is 2.31. The molecule has 2 rings (SSSR count). The van der Waals surface area contributed by atoms with Gasteiger partial charge in [0.1, 0.15) is 0 Å². The second-order valence-corrected chi connectivity index (χ2v) is 5.32. The smallest absolute Gasteiger partial charge is 0.326 e. The van der Waals surface area contributed by atoms with Crippen molar-refractivity contribution in [2.75, 3.05) is 5.32 Å². The van der Waals surface area contributed by atoms with Gasteiger partial charge in [0.2, 0.25) is 5.91 Å². The van der Waals surface area contributed by atoms with E-state index in [1.807, 2.05) is 37.3 Å². The molecule has 0 heterocycles. The fourth-order valence-corrected chi connectivity index (χ4v) is 2.43. The average Bonchev–Trinajstić information content (AvgIpc) is 2.53. The number of hydrogen-bond donors (Lipinski definition) is 1. The maximum Gasteiger partial charge on any atom is 0.416 e. The molecular formula is C18H18F3NO. The van der Waals surface area contributed by atoms with Gasteiger partial charge in [0, 0.05) is 5.69 Å². The first-order valence-electron chi connectivity index (χ1n) is 7.45. The van der Waals surface area contributed by atoms with Crippen LogP contribution in [0.15, 0.2) is 54.6 Å². The van der Waals surface area contributed by atoms with Crippen LogP contribution in [0.5, 0.6) is 0 Å². The van der Waals surface area contributed by atoms with Crippen LogP contribution in [0, 0.1) is 0 Å². The molecule has 1 N–H and O–H groups in total. The first-order chi connectivity index (χ1) is 10.9. The van der Waals surface area contributed by atoms with Gasteiger partial charge in [0.25, 0.3) is 0 Å². The number of carbonyl (C=O) groups is 1. The summed E-state index contributed by atoms with van der Waals surface area (Å²) in [7, 11) is 0. The normalized spacial score (nSPS) is 12.7. The molecule has 0 saturated carbocycles. The summed E-state index contributed by atoms with van der Waals surface area (Å²) in [6.07, 6.45) is -2.99. The molecule has 1 atom stereocenters. The van der Waals surface area contributed by atoms with Crippen LogP contribution in [0.4, 0.5) is 18.9 Å². The monoisotopic (exact) mass is 321 g/mol. The molecule has 0 bridgehead atoms. The van der Waals surface area contributed by atoms with Crippen LogP contribution in [0.2, 0.25) is 0 Å². The number of benzene rings is 2. The standard InChI is InChI=1S/C18H18F3NO/c1-2-7-16(13-8-4-3-5-9-13)17(23)22-15-11-6-10-14(12-15)18(19,20)21/h3-6,8-12,16H,2,7H2,1H3,(H,22,23)/t16-/m1/s1. The van der Waals surface area contributed by atoms with Crippen molar-refractivity contribution in [2.45, 2.75) is 31.9 Å². The third kappa shape index (κ3) is 4.58. The Labute approximate surface area is 133 Å². The quantitative estimate of drug-likeness (QED) is 0.803. The SMILES string of the molecule is CCC[C@@H](C(=O)Nc1cccc(C(F)(F)F)c1)c1ccccc1. The number of amides is 1. The van der Waals surface area contributed by atoms with Crippen LogP contribution in [-0.4, -0.2) is 5.91 Å². The molecule has 0 aliphatic heterocycles. The van der Waals surface area contributed by atoms with Gasteiger partial charge in [-0.05, 0) is 30.2 Å². The molecule has 122 valence electrons. The summed E-state index contributed by atoms with van der Waals surface area (Å²) in [4.78, 5) is 12.5. The molecule has 0 fully saturated rings. The third-order valence-corrected chi connectivity index (χ3v) is 3.55. The van der Waals surface area contributed by atoms with E-state index in [0.717, 1.165) is 24.1 Å². The van der Waals surface area contributed by atoms with Crippen LogP contribution in [-0.2, 0) is 11.0 Å². The summed E-state index contributed by atoms with van der Waals surface area (Å²) in [5.74, 6) is -0.673. The molecule has 5 heteroatoms. The molecule has 2 nitrogen and oxygen atoms in total. The lowest BCUT2D eigenvalue weighted by atomic mass is 9.93. The summed E-state index contributed by atoms with van der Waals surface area (Å²) in [5, 5.41) is 2.60. The Bertz CT molecular complexity index is 653. The Balaban J connectivity index is 2.19. The lowest BCUT2D eigenvalue weighted by molar-refractivity contribution is -0.137. The number of rotatable bonds is 5. The van der Waals surface area contributed by atoms with Gasteiger partial charge in [-0.15, -0.1) is 0 Å². The third-order valence-electron chi connectivity index (χ3n) is 3.55. The molecule has 2 aromatic carbocycles. The van der Waals surface area contributed by atoms with E-state index in [1.165, 1.54) is 12.1 Å². The van der Waals surface area contributed by atoms with Crippen LogP contribution in [0.3, 0.4) is 0 Å². The number of alkyl halides is 3. The highest BCUT2D eigenvalue weighted by Gasteiger charge is 2.30. The van der Waals surface area contributed by atoms with E-state index in [9.17, 15) is 18.0 Å². The van der Waals surface area contributed by atoms with Crippen molar-refractivity contribution in [3.8, 4) is 0 Å². The highest BCUT2D eigenvalue weighted by atomic mass is 19.4. The number of nitrogens with one attached hydrogen (secondary N) is 1. The summed E-state index contributed by atoms with van der Waals surface area (Å²) in [6.45, 7) is 1.97. The zero-order valence-corrected chi connectivity index (χ0v) is 12.7. The predicted octanol–water partition coefficient (Wildman–Crippen LogP) is 5.23. The highest BCUT2D eigenvalue weighted by molar-refractivity contribution is 5.95. The summed E-state index contributed by atoms with van der Waals surface area (Å²) in [5.41, 5.74) is 0.239. The Morgan fingerprint density at radius 1 is 1.09 bits per heavy atom. The molecule has 0 saturated heterocycles. The first-order valence-corrected chi connectivity index (χ1v) is 7.45. The molecule has 23 heavy (non-hydrogen) atoms. The lowest BCUT2D eigenvalue weighted by Gasteiger charge is -2.17. The zero-order chi connectivity index (χ0) is 16.9.